The molecule has 3 nitrogen and oxygen atoms in total. The number of aliphatic hydroxyl groups excluding tert-OH is 1. The van der Waals surface area contributed by atoms with Gasteiger partial charge in [0.1, 0.15) is 5.75 Å². The molecule has 20 heavy (non-hydrogen) atoms. The summed E-state index contributed by atoms with van der Waals surface area (Å²) in [5.41, 5.74) is 3.68. The summed E-state index contributed by atoms with van der Waals surface area (Å²) in [6, 6.07) is 12.7. The second kappa shape index (κ2) is 6.35. The monoisotopic (exact) mass is 270 g/mol. The van der Waals surface area contributed by atoms with Crippen LogP contribution in [-0.2, 0) is 6.61 Å². The Labute approximate surface area is 118 Å². The Balaban J connectivity index is 2.02. The molecule has 0 fully saturated rings. The van der Waals surface area contributed by atoms with E-state index in [1.54, 1.807) is 24.3 Å². The van der Waals surface area contributed by atoms with Gasteiger partial charge in [0, 0.05) is 5.56 Å². The van der Waals surface area contributed by atoms with Crippen LogP contribution in [0.15, 0.2) is 42.5 Å². The number of aryl methyl sites for hydroxylation is 2. The molecule has 0 aliphatic rings. The van der Waals surface area contributed by atoms with E-state index in [0.29, 0.717) is 11.3 Å². The average molecular weight is 270 g/mol. The summed E-state index contributed by atoms with van der Waals surface area (Å²) in [5, 5.41) is 9.05. The SMILES string of the molecule is Cc1ccc(C(=O)COc2cccc(CO)c2)cc1C. The van der Waals surface area contributed by atoms with Gasteiger partial charge in [0.25, 0.3) is 0 Å². The van der Waals surface area contributed by atoms with Crippen LogP contribution in [0.5, 0.6) is 5.75 Å². The van der Waals surface area contributed by atoms with Crippen molar-refractivity contribution in [2.45, 2.75) is 20.5 Å². The van der Waals surface area contributed by atoms with Crippen LogP contribution >= 0.6 is 0 Å². The number of rotatable bonds is 5. The normalized spacial score (nSPS) is 10.3. The van der Waals surface area contributed by atoms with Crippen LogP contribution in [-0.4, -0.2) is 17.5 Å². The third kappa shape index (κ3) is 3.45. The molecule has 0 radical (unpaired) electrons. The molecule has 0 saturated carbocycles. The molecule has 0 saturated heterocycles. The van der Waals surface area contributed by atoms with Crippen molar-refractivity contribution in [1.82, 2.24) is 0 Å². The molecule has 0 heterocycles. The molecule has 2 aromatic carbocycles. The van der Waals surface area contributed by atoms with E-state index in [2.05, 4.69) is 0 Å². The van der Waals surface area contributed by atoms with E-state index in [-0.39, 0.29) is 19.0 Å². The van der Waals surface area contributed by atoms with Crippen LogP contribution in [0, 0.1) is 13.8 Å². The molecule has 0 bridgehead atoms. The first-order valence-electron chi connectivity index (χ1n) is 6.53. The zero-order valence-electron chi connectivity index (χ0n) is 11.7. The molecule has 3 heteroatoms. The van der Waals surface area contributed by atoms with Crippen LogP contribution in [0.3, 0.4) is 0 Å². The first-order valence-corrected chi connectivity index (χ1v) is 6.53. The Kier molecular flexibility index (Phi) is 4.53. The third-order valence-electron chi connectivity index (χ3n) is 3.28. The molecule has 0 aliphatic heterocycles. The van der Waals surface area contributed by atoms with E-state index in [1.807, 2.05) is 32.0 Å². The molecular weight excluding hydrogens is 252 g/mol. The fourth-order valence-electron chi connectivity index (χ4n) is 1.88. The van der Waals surface area contributed by atoms with Crippen molar-refractivity contribution >= 4 is 5.78 Å². The Morgan fingerprint density at radius 3 is 2.60 bits per heavy atom. The summed E-state index contributed by atoms with van der Waals surface area (Å²) in [4.78, 5) is 12.1. The highest BCUT2D eigenvalue weighted by molar-refractivity contribution is 5.97. The van der Waals surface area contributed by atoms with Crippen LogP contribution < -0.4 is 4.74 Å². The minimum atomic E-state index is -0.0532. The zero-order valence-corrected chi connectivity index (χ0v) is 11.7. The summed E-state index contributed by atoms with van der Waals surface area (Å²) in [7, 11) is 0. The highest BCUT2D eigenvalue weighted by Gasteiger charge is 2.08. The van der Waals surface area contributed by atoms with Crippen molar-refractivity contribution in [1.29, 1.82) is 0 Å². The van der Waals surface area contributed by atoms with Gasteiger partial charge in [0.05, 0.1) is 6.61 Å². The number of aliphatic hydroxyl groups is 1. The molecule has 0 amide bonds. The molecule has 0 atom stereocenters. The second-order valence-electron chi connectivity index (χ2n) is 4.82. The van der Waals surface area contributed by atoms with Crippen LogP contribution in [0.25, 0.3) is 0 Å². The number of carbonyl (C=O) groups excluding carboxylic acids is 1. The summed E-state index contributed by atoms with van der Waals surface area (Å²) >= 11 is 0. The van der Waals surface area contributed by atoms with E-state index < -0.39 is 0 Å². The fourth-order valence-corrected chi connectivity index (χ4v) is 1.88. The topological polar surface area (TPSA) is 46.5 Å². The van der Waals surface area contributed by atoms with Gasteiger partial charge < -0.3 is 9.84 Å². The highest BCUT2D eigenvalue weighted by atomic mass is 16.5. The standard InChI is InChI=1S/C17H18O3/c1-12-6-7-15(8-13(12)2)17(19)11-20-16-5-3-4-14(9-16)10-18/h3-9,18H,10-11H2,1-2H3. The second-order valence-corrected chi connectivity index (χ2v) is 4.82. The van der Waals surface area contributed by atoms with Crippen molar-refractivity contribution in [3.8, 4) is 5.75 Å². The van der Waals surface area contributed by atoms with Crippen LogP contribution in [0.4, 0.5) is 0 Å². The van der Waals surface area contributed by atoms with Gasteiger partial charge in [0.15, 0.2) is 12.4 Å². The zero-order chi connectivity index (χ0) is 14.5. The van der Waals surface area contributed by atoms with Gasteiger partial charge in [0.2, 0.25) is 0 Å². The van der Waals surface area contributed by atoms with Crippen LogP contribution in [0.2, 0.25) is 0 Å². The predicted octanol–water partition coefficient (Wildman–Crippen LogP) is 3.06. The number of carbonyl (C=O) groups is 1. The Morgan fingerprint density at radius 2 is 1.90 bits per heavy atom. The first kappa shape index (κ1) is 14.3. The van der Waals surface area contributed by atoms with Crippen molar-refractivity contribution in [2.75, 3.05) is 6.61 Å². The number of ketones is 1. The van der Waals surface area contributed by atoms with Gasteiger partial charge in [-0.05, 0) is 48.7 Å². The molecule has 104 valence electrons. The molecule has 2 rings (SSSR count). The molecule has 0 aromatic heterocycles. The van der Waals surface area contributed by atoms with Gasteiger partial charge >= 0.3 is 0 Å². The summed E-state index contributed by atoms with van der Waals surface area (Å²) in [5.74, 6) is 0.538. The van der Waals surface area contributed by atoms with Gasteiger partial charge in [-0.25, -0.2) is 0 Å². The van der Waals surface area contributed by atoms with Crippen molar-refractivity contribution < 1.29 is 14.6 Å². The van der Waals surface area contributed by atoms with Gasteiger partial charge in [-0.15, -0.1) is 0 Å². The molecule has 0 spiro atoms. The van der Waals surface area contributed by atoms with Crippen molar-refractivity contribution in [2.24, 2.45) is 0 Å². The van der Waals surface area contributed by atoms with E-state index in [4.69, 9.17) is 9.84 Å². The maximum absolute atomic E-state index is 12.1. The number of hydrogen-bond donors (Lipinski definition) is 1. The number of Topliss-reactive ketones (excluding diaryl/α,β-unsaturated/α-hetero) is 1. The van der Waals surface area contributed by atoms with Crippen LogP contribution in [0.1, 0.15) is 27.0 Å². The summed E-state index contributed by atoms with van der Waals surface area (Å²) in [6.07, 6.45) is 0. The maximum atomic E-state index is 12.1. The lowest BCUT2D eigenvalue weighted by Crippen LogP contribution is -2.12. The maximum Gasteiger partial charge on any atom is 0.200 e. The van der Waals surface area contributed by atoms with E-state index in [1.165, 1.54) is 0 Å². The third-order valence-corrected chi connectivity index (χ3v) is 3.28. The van der Waals surface area contributed by atoms with E-state index in [9.17, 15) is 4.79 Å². The summed E-state index contributed by atoms with van der Waals surface area (Å²) < 4.78 is 5.47. The predicted molar refractivity (Wildman–Crippen MR) is 78.1 cm³/mol. The lowest BCUT2D eigenvalue weighted by Gasteiger charge is -2.08. The molecule has 0 aliphatic carbocycles. The largest absolute Gasteiger partial charge is 0.485 e. The van der Waals surface area contributed by atoms with Gasteiger partial charge in [-0.2, -0.15) is 0 Å². The number of hydrogen-bond acceptors (Lipinski definition) is 3. The van der Waals surface area contributed by atoms with Crippen molar-refractivity contribution in [3.63, 3.8) is 0 Å². The summed E-state index contributed by atoms with van der Waals surface area (Å²) in [6.45, 7) is 3.96. The lowest BCUT2D eigenvalue weighted by molar-refractivity contribution is 0.0921. The van der Waals surface area contributed by atoms with Gasteiger partial charge in [-0.3, -0.25) is 4.79 Å². The first-order chi connectivity index (χ1) is 9.60. The fraction of sp³-hybridized carbons (Fsp3) is 0.235. The Bertz CT molecular complexity index is 617. The number of ether oxygens (including phenoxy) is 1. The quantitative estimate of drug-likeness (QED) is 0.849. The van der Waals surface area contributed by atoms with E-state index >= 15 is 0 Å². The lowest BCUT2D eigenvalue weighted by atomic mass is 10.0. The Hall–Kier alpha value is -2.13. The molecule has 1 N–H and O–H groups in total. The van der Waals surface area contributed by atoms with E-state index in [0.717, 1.165) is 16.7 Å². The minimum Gasteiger partial charge on any atom is -0.485 e. The molecule has 2 aromatic rings. The Morgan fingerprint density at radius 1 is 1.10 bits per heavy atom. The van der Waals surface area contributed by atoms with Gasteiger partial charge in [-0.1, -0.05) is 24.3 Å². The average Bonchev–Trinajstić information content (AvgIpc) is 2.47. The highest BCUT2D eigenvalue weighted by Crippen LogP contribution is 2.15. The smallest absolute Gasteiger partial charge is 0.200 e. The number of benzene rings is 2. The molecule has 0 unspecified atom stereocenters. The van der Waals surface area contributed by atoms with Crippen molar-refractivity contribution in [3.05, 3.63) is 64.7 Å². The minimum absolute atomic E-state index is 0.00260. The molecular formula is C17H18O3.